The maximum atomic E-state index is 11.7. The van der Waals surface area contributed by atoms with E-state index in [-0.39, 0.29) is 24.2 Å². The molecule has 0 aromatic rings. The van der Waals surface area contributed by atoms with Gasteiger partial charge in [0.05, 0.1) is 12.2 Å². The van der Waals surface area contributed by atoms with Crippen molar-refractivity contribution >= 4 is 5.97 Å². The molecule has 0 amide bonds. The summed E-state index contributed by atoms with van der Waals surface area (Å²) in [4.78, 5) is 13.7. The molecule has 1 rings (SSSR count). The monoisotopic (exact) mass is 215 g/mol. The number of hydrogen-bond donors (Lipinski definition) is 1. The normalized spacial score (nSPS) is 27.7. The van der Waals surface area contributed by atoms with Gasteiger partial charge in [0.25, 0.3) is 0 Å². The third-order valence-corrected chi connectivity index (χ3v) is 2.60. The minimum atomic E-state index is -0.405. The molecule has 4 heteroatoms. The van der Waals surface area contributed by atoms with Gasteiger partial charge in [-0.1, -0.05) is 0 Å². The minimum Gasteiger partial charge on any atom is -0.462 e. The number of β-amino-alcohol motifs (C(OH)–C–C–N with tert-alkyl or cyclic N) is 1. The average Bonchev–Trinajstić information content (AvgIpc) is 2.46. The van der Waals surface area contributed by atoms with E-state index in [1.807, 2.05) is 32.6 Å². The second kappa shape index (κ2) is 4.94. The van der Waals surface area contributed by atoms with Crippen LogP contribution < -0.4 is 0 Å². The molecule has 1 unspecified atom stereocenters. The van der Waals surface area contributed by atoms with Crippen LogP contribution in [0.3, 0.4) is 0 Å². The molecule has 1 saturated heterocycles. The molecule has 2 atom stereocenters. The summed E-state index contributed by atoms with van der Waals surface area (Å²) in [6, 6.07) is -0.0192. The number of aliphatic hydroxyl groups excluding tert-OH is 1. The number of carbonyl (C=O) groups is 1. The van der Waals surface area contributed by atoms with Gasteiger partial charge >= 0.3 is 5.97 Å². The second-order valence-electron chi connectivity index (χ2n) is 4.68. The molecule has 1 heterocycles. The molecule has 1 aliphatic heterocycles. The summed E-state index contributed by atoms with van der Waals surface area (Å²) >= 11 is 0. The smallest absolute Gasteiger partial charge is 0.323 e. The molecule has 0 spiro atoms. The van der Waals surface area contributed by atoms with Crippen LogP contribution >= 0.6 is 0 Å². The van der Waals surface area contributed by atoms with Gasteiger partial charge in [-0.2, -0.15) is 0 Å². The Kier molecular flexibility index (Phi) is 4.11. The Morgan fingerprint density at radius 1 is 1.40 bits per heavy atom. The number of nitrogens with zero attached hydrogens (tertiary/aromatic N) is 1. The highest BCUT2D eigenvalue weighted by molar-refractivity contribution is 5.76. The van der Waals surface area contributed by atoms with E-state index in [1.165, 1.54) is 0 Å². The maximum absolute atomic E-state index is 11.7. The molecular formula is C11H21NO3. The highest BCUT2D eigenvalue weighted by Gasteiger charge is 2.38. The number of ether oxygens (including phenoxy) is 1. The number of hydrogen-bond acceptors (Lipinski definition) is 4. The van der Waals surface area contributed by atoms with Crippen LogP contribution in [0.2, 0.25) is 0 Å². The van der Waals surface area contributed by atoms with Crippen molar-refractivity contribution in [3.05, 3.63) is 0 Å². The number of aliphatic hydroxyl groups is 1. The largest absolute Gasteiger partial charge is 0.462 e. The zero-order chi connectivity index (χ0) is 11.6. The molecule has 1 N–H and O–H groups in total. The minimum absolute atomic E-state index is 0.0933. The van der Waals surface area contributed by atoms with Gasteiger partial charge < -0.3 is 9.84 Å². The van der Waals surface area contributed by atoms with Crippen molar-refractivity contribution in [2.24, 2.45) is 0 Å². The van der Waals surface area contributed by atoms with E-state index in [0.717, 1.165) is 0 Å². The lowest BCUT2D eigenvalue weighted by molar-refractivity contribution is -0.153. The second-order valence-corrected chi connectivity index (χ2v) is 4.68. The fourth-order valence-corrected chi connectivity index (χ4v) is 1.95. The zero-order valence-electron chi connectivity index (χ0n) is 9.93. The van der Waals surface area contributed by atoms with Gasteiger partial charge in [0, 0.05) is 19.0 Å². The summed E-state index contributed by atoms with van der Waals surface area (Å²) in [5.74, 6) is -0.213. The van der Waals surface area contributed by atoms with Gasteiger partial charge in [-0.15, -0.1) is 0 Å². The summed E-state index contributed by atoms with van der Waals surface area (Å²) in [6.45, 7) is 8.28. The van der Waals surface area contributed by atoms with E-state index in [2.05, 4.69) is 0 Å². The molecule has 0 aromatic heterocycles. The van der Waals surface area contributed by atoms with E-state index in [9.17, 15) is 9.90 Å². The van der Waals surface area contributed by atoms with E-state index < -0.39 is 6.10 Å². The fraction of sp³-hybridized carbons (Fsp3) is 0.909. The Bertz CT molecular complexity index is 228. The third kappa shape index (κ3) is 3.18. The molecule has 0 saturated carbocycles. The van der Waals surface area contributed by atoms with E-state index in [1.54, 1.807) is 0 Å². The van der Waals surface area contributed by atoms with E-state index >= 15 is 0 Å². The average molecular weight is 215 g/mol. The van der Waals surface area contributed by atoms with Crippen LogP contribution in [0.15, 0.2) is 0 Å². The van der Waals surface area contributed by atoms with Crippen LogP contribution in [-0.4, -0.2) is 46.8 Å². The van der Waals surface area contributed by atoms with Gasteiger partial charge in [-0.3, -0.25) is 9.69 Å². The first kappa shape index (κ1) is 12.5. The fourth-order valence-electron chi connectivity index (χ4n) is 1.95. The Hall–Kier alpha value is -0.610. The molecule has 1 aliphatic rings. The Labute approximate surface area is 91.2 Å². The van der Waals surface area contributed by atoms with Crippen LogP contribution in [0.1, 0.15) is 34.1 Å². The number of rotatable bonds is 3. The Morgan fingerprint density at radius 3 is 2.47 bits per heavy atom. The summed E-state index contributed by atoms with van der Waals surface area (Å²) in [5.41, 5.74) is 0. The Balaban J connectivity index is 2.62. The molecule has 88 valence electrons. The number of esters is 1. The molecule has 4 nitrogen and oxygen atoms in total. The molecule has 15 heavy (non-hydrogen) atoms. The van der Waals surface area contributed by atoms with Gasteiger partial charge in [0.2, 0.25) is 0 Å². The number of carbonyl (C=O) groups excluding carboxylic acids is 1. The first-order chi connectivity index (χ1) is 6.91. The quantitative estimate of drug-likeness (QED) is 0.707. The van der Waals surface area contributed by atoms with Crippen molar-refractivity contribution in [1.82, 2.24) is 4.90 Å². The van der Waals surface area contributed by atoms with Crippen LogP contribution in [0.5, 0.6) is 0 Å². The predicted octanol–water partition coefficient (Wildman–Crippen LogP) is 0.782. The number of likely N-dealkylation sites (tertiary alicyclic amines) is 1. The molecule has 0 radical (unpaired) electrons. The van der Waals surface area contributed by atoms with Gasteiger partial charge in [0.1, 0.15) is 6.04 Å². The third-order valence-electron chi connectivity index (χ3n) is 2.60. The van der Waals surface area contributed by atoms with Crippen molar-refractivity contribution < 1.29 is 14.6 Å². The SMILES string of the molecule is CC(C)OC(=O)[C@@H]1CC(O)CN1C(C)C. The highest BCUT2D eigenvalue weighted by atomic mass is 16.5. The summed E-state index contributed by atoms with van der Waals surface area (Å²) in [5, 5.41) is 9.55. The van der Waals surface area contributed by atoms with Crippen LogP contribution in [-0.2, 0) is 9.53 Å². The topological polar surface area (TPSA) is 49.8 Å². The van der Waals surface area contributed by atoms with Crippen LogP contribution in [0, 0.1) is 0 Å². The van der Waals surface area contributed by atoms with Gasteiger partial charge in [0.15, 0.2) is 0 Å². The van der Waals surface area contributed by atoms with Crippen molar-refractivity contribution in [2.75, 3.05) is 6.54 Å². The lowest BCUT2D eigenvalue weighted by atomic mass is 10.2. The lowest BCUT2D eigenvalue weighted by Crippen LogP contribution is -2.42. The Morgan fingerprint density at radius 2 is 2.00 bits per heavy atom. The molecule has 0 bridgehead atoms. The van der Waals surface area contributed by atoms with E-state index in [0.29, 0.717) is 13.0 Å². The maximum Gasteiger partial charge on any atom is 0.323 e. The molecular weight excluding hydrogens is 194 g/mol. The van der Waals surface area contributed by atoms with Crippen molar-refractivity contribution in [3.8, 4) is 0 Å². The van der Waals surface area contributed by atoms with Gasteiger partial charge in [-0.05, 0) is 27.7 Å². The summed E-state index contributed by atoms with van der Waals surface area (Å²) < 4.78 is 5.17. The van der Waals surface area contributed by atoms with Crippen LogP contribution in [0.4, 0.5) is 0 Å². The molecule has 0 aliphatic carbocycles. The highest BCUT2D eigenvalue weighted by Crippen LogP contribution is 2.21. The van der Waals surface area contributed by atoms with Crippen molar-refractivity contribution in [2.45, 2.75) is 58.4 Å². The molecule has 1 fully saturated rings. The molecule has 0 aromatic carbocycles. The first-order valence-corrected chi connectivity index (χ1v) is 5.56. The van der Waals surface area contributed by atoms with Crippen molar-refractivity contribution in [3.63, 3.8) is 0 Å². The summed E-state index contributed by atoms with van der Waals surface area (Å²) in [7, 11) is 0. The van der Waals surface area contributed by atoms with Crippen LogP contribution in [0.25, 0.3) is 0 Å². The zero-order valence-corrected chi connectivity index (χ0v) is 9.93. The first-order valence-electron chi connectivity index (χ1n) is 5.56. The summed E-state index contributed by atoms with van der Waals surface area (Å²) in [6.07, 6.45) is -0.00892. The lowest BCUT2D eigenvalue weighted by Gasteiger charge is -2.26. The predicted molar refractivity (Wildman–Crippen MR) is 57.5 cm³/mol. The van der Waals surface area contributed by atoms with Crippen molar-refractivity contribution in [1.29, 1.82) is 0 Å². The van der Waals surface area contributed by atoms with E-state index in [4.69, 9.17) is 4.74 Å². The van der Waals surface area contributed by atoms with Gasteiger partial charge in [-0.25, -0.2) is 0 Å². The standard InChI is InChI=1S/C11H21NO3/c1-7(2)12-6-9(13)5-10(12)11(14)15-8(3)4/h7-10,13H,5-6H2,1-4H3/t9?,10-/m0/s1.